The molecule has 15 heavy (non-hydrogen) atoms. The Bertz CT molecular complexity index is 312. The molecule has 2 nitrogen and oxygen atoms in total. The molecular weight excluding hydrogens is 184 g/mol. The summed E-state index contributed by atoms with van der Waals surface area (Å²) in [4.78, 5) is 0. The van der Waals surface area contributed by atoms with Crippen LogP contribution in [0.4, 0.5) is 0 Å². The van der Waals surface area contributed by atoms with Gasteiger partial charge in [0.1, 0.15) is 0 Å². The van der Waals surface area contributed by atoms with Crippen LogP contribution in [0.15, 0.2) is 30.3 Å². The number of hydrogen-bond acceptors (Lipinski definition) is 2. The second-order valence-corrected chi connectivity index (χ2v) is 4.98. The normalized spacial score (nSPS) is 34.3. The van der Waals surface area contributed by atoms with Gasteiger partial charge in [-0.3, -0.25) is 5.43 Å². The lowest BCUT2D eigenvalue weighted by atomic mass is 9.72. The van der Waals surface area contributed by atoms with Crippen molar-refractivity contribution in [3.8, 4) is 0 Å². The summed E-state index contributed by atoms with van der Waals surface area (Å²) in [5.41, 5.74) is 5.55. The Morgan fingerprint density at radius 2 is 1.87 bits per heavy atom. The predicted octanol–water partition coefficient (Wildman–Crippen LogP) is 1.83. The molecule has 2 bridgehead atoms. The monoisotopic (exact) mass is 202 g/mol. The standard InChI is InChI=1S/C13H18N2/c1-2-4-12(5-3-1)10-13-6-8-15(9-7-13)14-11-13/h1-5,14H,6-11H2. The molecule has 80 valence electrons. The van der Waals surface area contributed by atoms with Gasteiger partial charge in [0, 0.05) is 19.6 Å². The van der Waals surface area contributed by atoms with Crippen LogP contribution < -0.4 is 5.43 Å². The maximum absolute atomic E-state index is 3.51. The summed E-state index contributed by atoms with van der Waals surface area (Å²) in [6, 6.07) is 10.9. The van der Waals surface area contributed by atoms with Crippen LogP contribution in [0.2, 0.25) is 0 Å². The summed E-state index contributed by atoms with van der Waals surface area (Å²) in [5.74, 6) is 0. The lowest BCUT2D eigenvalue weighted by Crippen LogP contribution is -2.59. The maximum Gasteiger partial charge on any atom is 0.0163 e. The highest BCUT2D eigenvalue weighted by Gasteiger charge is 2.39. The first-order valence-corrected chi connectivity index (χ1v) is 5.89. The Labute approximate surface area is 91.3 Å². The van der Waals surface area contributed by atoms with E-state index < -0.39 is 0 Å². The maximum atomic E-state index is 3.51. The molecule has 3 saturated heterocycles. The molecule has 4 rings (SSSR count). The molecule has 0 saturated carbocycles. The molecule has 2 heteroatoms. The number of nitrogens with one attached hydrogen (secondary N) is 1. The van der Waals surface area contributed by atoms with E-state index in [1.165, 1.54) is 44.5 Å². The van der Waals surface area contributed by atoms with Crippen molar-refractivity contribution in [1.29, 1.82) is 0 Å². The van der Waals surface area contributed by atoms with Gasteiger partial charge in [-0.05, 0) is 30.2 Å². The Morgan fingerprint density at radius 3 is 2.47 bits per heavy atom. The quantitative estimate of drug-likeness (QED) is 0.787. The molecule has 0 amide bonds. The third-order valence-electron chi connectivity index (χ3n) is 3.92. The average molecular weight is 202 g/mol. The van der Waals surface area contributed by atoms with Crippen LogP contribution in [0, 0.1) is 5.41 Å². The Hall–Kier alpha value is -0.860. The summed E-state index contributed by atoms with van der Waals surface area (Å²) in [6.07, 6.45) is 3.96. The topological polar surface area (TPSA) is 15.3 Å². The van der Waals surface area contributed by atoms with Crippen molar-refractivity contribution in [2.75, 3.05) is 19.6 Å². The molecule has 3 fully saturated rings. The first-order valence-electron chi connectivity index (χ1n) is 5.89. The van der Waals surface area contributed by atoms with Gasteiger partial charge >= 0.3 is 0 Å². The average Bonchev–Trinajstić information content (AvgIpc) is 2.32. The van der Waals surface area contributed by atoms with Crippen molar-refractivity contribution in [2.24, 2.45) is 5.41 Å². The van der Waals surface area contributed by atoms with Crippen molar-refractivity contribution in [1.82, 2.24) is 10.4 Å². The van der Waals surface area contributed by atoms with E-state index in [-0.39, 0.29) is 0 Å². The first-order chi connectivity index (χ1) is 7.36. The van der Waals surface area contributed by atoms with Gasteiger partial charge in [-0.2, -0.15) is 0 Å². The number of rotatable bonds is 2. The molecule has 1 N–H and O–H groups in total. The minimum Gasteiger partial charge on any atom is -0.255 e. The fraction of sp³-hybridized carbons (Fsp3) is 0.538. The van der Waals surface area contributed by atoms with Crippen molar-refractivity contribution in [3.05, 3.63) is 35.9 Å². The number of hydrogen-bond donors (Lipinski definition) is 1. The van der Waals surface area contributed by atoms with Crippen LogP contribution in [-0.4, -0.2) is 24.6 Å². The van der Waals surface area contributed by atoms with Crippen LogP contribution in [0.25, 0.3) is 0 Å². The number of benzene rings is 1. The first kappa shape index (κ1) is 9.37. The number of hydrazine groups is 1. The Kier molecular flexibility index (Phi) is 2.26. The fourth-order valence-corrected chi connectivity index (χ4v) is 2.86. The number of nitrogens with zero attached hydrogens (tertiary/aromatic N) is 1. The fourth-order valence-electron chi connectivity index (χ4n) is 2.86. The molecule has 0 atom stereocenters. The van der Waals surface area contributed by atoms with Gasteiger partial charge in [0.15, 0.2) is 0 Å². The molecule has 1 aromatic rings. The predicted molar refractivity (Wildman–Crippen MR) is 61.4 cm³/mol. The molecule has 0 unspecified atom stereocenters. The van der Waals surface area contributed by atoms with E-state index in [4.69, 9.17) is 0 Å². The van der Waals surface area contributed by atoms with E-state index in [9.17, 15) is 0 Å². The molecule has 0 spiro atoms. The second-order valence-electron chi connectivity index (χ2n) is 4.98. The smallest absolute Gasteiger partial charge is 0.0163 e. The van der Waals surface area contributed by atoms with Crippen LogP contribution in [-0.2, 0) is 6.42 Å². The SMILES string of the molecule is c1ccc(CC23CCN(CC2)NC3)cc1. The van der Waals surface area contributed by atoms with Gasteiger partial charge in [-0.15, -0.1) is 0 Å². The van der Waals surface area contributed by atoms with Crippen LogP contribution in [0.3, 0.4) is 0 Å². The largest absolute Gasteiger partial charge is 0.255 e. The molecule has 0 aromatic heterocycles. The highest BCUT2D eigenvalue weighted by atomic mass is 15.5. The number of fused-ring (bicyclic) bond motifs is 3. The van der Waals surface area contributed by atoms with Gasteiger partial charge in [-0.25, -0.2) is 5.01 Å². The molecule has 3 aliphatic rings. The summed E-state index contributed by atoms with van der Waals surface area (Å²) >= 11 is 0. The molecule has 3 aliphatic heterocycles. The molecule has 0 radical (unpaired) electrons. The lowest BCUT2D eigenvalue weighted by molar-refractivity contribution is -0.0106. The van der Waals surface area contributed by atoms with E-state index in [2.05, 4.69) is 40.8 Å². The molecule has 0 aliphatic carbocycles. The van der Waals surface area contributed by atoms with E-state index in [1.807, 2.05) is 0 Å². The molecule has 1 aromatic carbocycles. The van der Waals surface area contributed by atoms with Crippen LogP contribution in [0.1, 0.15) is 18.4 Å². The van der Waals surface area contributed by atoms with E-state index in [1.54, 1.807) is 0 Å². The van der Waals surface area contributed by atoms with Gasteiger partial charge in [0.25, 0.3) is 0 Å². The summed E-state index contributed by atoms with van der Waals surface area (Å²) in [7, 11) is 0. The highest BCUT2D eigenvalue weighted by molar-refractivity contribution is 5.17. The number of piperidine rings is 1. The van der Waals surface area contributed by atoms with E-state index >= 15 is 0 Å². The zero-order chi connectivity index (χ0) is 10.1. The van der Waals surface area contributed by atoms with Gasteiger partial charge in [0.05, 0.1) is 0 Å². The van der Waals surface area contributed by atoms with Crippen molar-refractivity contribution in [3.63, 3.8) is 0 Å². The minimum absolute atomic E-state index is 0.538. The third-order valence-corrected chi connectivity index (χ3v) is 3.92. The zero-order valence-corrected chi connectivity index (χ0v) is 9.08. The van der Waals surface area contributed by atoms with E-state index in [0.29, 0.717) is 5.41 Å². The van der Waals surface area contributed by atoms with Crippen LogP contribution >= 0.6 is 0 Å². The molecular formula is C13H18N2. The third kappa shape index (κ3) is 1.80. The zero-order valence-electron chi connectivity index (χ0n) is 9.08. The van der Waals surface area contributed by atoms with Gasteiger partial charge < -0.3 is 0 Å². The van der Waals surface area contributed by atoms with Gasteiger partial charge in [0.2, 0.25) is 0 Å². The lowest BCUT2D eigenvalue weighted by Gasteiger charge is -2.49. The Morgan fingerprint density at radius 1 is 1.13 bits per heavy atom. The minimum atomic E-state index is 0.538. The Balaban J connectivity index is 1.76. The van der Waals surface area contributed by atoms with Crippen molar-refractivity contribution in [2.45, 2.75) is 19.3 Å². The van der Waals surface area contributed by atoms with Crippen molar-refractivity contribution < 1.29 is 0 Å². The summed E-state index contributed by atoms with van der Waals surface area (Å²) < 4.78 is 0. The van der Waals surface area contributed by atoms with E-state index in [0.717, 1.165) is 0 Å². The summed E-state index contributed by atoms with van der Waals surface area (Å²) in [5, 5.41) is 2.37. The molecule has 3 heterocycles. The highest BCUT2D eigenvalue weighted by Crippen LogP contribution is 2.37. The summed E-state index contributed by atoms with van der Waals surface area (Å²) in [6.45, 7) is 3.63. The van der Waals surface area contributed by atoms with Gasteiger partial charge in [-0.1, -0.05) is 30.3 Å². The van der Waals surface area contributed by atoms with Crippen LogP contribution in [0.5, 0.6) is 0 Å². The second kappa shape index (κ2) is 3.62. The van der Waals surface area contributed by atoms with Crippen molar-refractivity contribution >= 4 is 0 Å².